The number of benzene rings is 1. The van der Waals surface area contributed by atoms with Gasteiger partial charge in [-0.15, -0.1) is 0 Å². The fourth-order valence-electron chi connectivity index (χ4n) is 3.82. The molecule has 0 N–H and O–H groups in total. The van der Waals surface area contributed by atoms with E-state index in [0.29, 0.717) is 35.9 Å². The summed E-state index contributed by atoms with van der Waals surface area (Å²) >= 11 is 0. The predicted octanol–water partition coefficient (Wildman–Crippen LogP) is 3.47. The summed E-state index contributed by atoms with van der Waals surface area (Å²) in [5.41, 5.74) is 3.16. The van der Waals surface area contributed by atoms with E-state index in [1.54, 1.807) is 29.4 Å². The molecule has 7 nitrogen and oxygen atoms in total. The van der Waals surface area contributed by atoms with E-state index in [0.717, 1.165) is 24.2 Å². The van der Waals surface area contributed by atoms with Crippen molar-refractivity contribution < 1.29 is 9.18 Å². The molecule has 0 spiro atoms. The smallest absolute Gasteiger partial charge is 0.274 e. The first kappa shape index (κ1) is 20.8. The SMILES string of the molecule is Cc1cnc(C(=O)N2CCC(c3nc(N(C)C)ncc3-c3ccccc3F)CC2)cn1. The van der Waals surface area contributed by atoms with Gasteiger partial charge in [0.25, 0.3) is 5.91 Å². The summed E-state index contributed by atoms with van der Waals surface area (Å²) in [5.74, 6) is 0.278. The van der Waals surface area contributed by atoms with E-state index in [2.05, 4.69) is 15.0 Å². The van der Waals surface area contributed by atoms with Gasteiger partial charge in [0.05, 0.1) is 17.6 Å². The first-order valence-corrected chi connectivity index (χ1v) is 10.3. The number of carbonyl (C=O) groups excluding carboxylic acids is 1. The average Bonchev–Trinajstić information content (AvgIpc) is 2.79. The largest absolute Gasteiger partial charge is 0.347 e. The van der Waals surface area contributed by atoms with Gasteiger partial charge in [-0.05, 0) is 25.8 Å². The molecular formula is C23H25FN6O. The van der Waals surface area contributed by atoms with Crippen LogP contribution in [0.2, 0.25) is 0 Å². The second-order valence-corrected chi connectivity index (χ2v) is 7.95. The van der Waals surface area contributed by atoms with E-state index in [1.807, 2.05) is 32.0 Å². The maximum Gasteiger partial charge on any atom is 0.274 e. The minimum Gasteiger partial charge on any atom is -0.347 e. The summed E-state index contributed by atoms with van der Waals surface area (Å²) in [6.07, 6.45) is 6.29. The second kappa shape index (κ2) is 8.75. The zero-order valence-electron chi connectivity index (χ0n) is 17.9. The Balaban J connectivity index is 1.58. The van der Waals surface area contributed by atoms with Crippen LogP contribution >= 0.6 is 0 Å². The molecule has 3 heterocycles. The number of aromatic nitrogens is 4. The molecule has 1 aliphatic rings. The number of nitrogens with zero attached hydrogens (tertiary/aromatic N) is 6. The van der Waals surface area contributed by atoms with Crippen LogP contribution in [0.25, 0.3) is 11.1 Å². The van der Waals surface area contributed by atoms with E-state index < -0.39 is 0 Å². The Kier molecular flexibility index (Phi) is 5.88. The Bertz CT molecular complexity index is 1080. The minimum absolute atomic E-state index is 0.101. The quantitative estimate of drug-likeness (QED) is 0.643. The van der Waals surface area contributed by atoms with Gasteiger partial charge in [-0.1, -0.05) is 18.2 Å². The molecule has 31 heavy (non-hydrogen) atoms. The molecule has 0 saturated carbocycles. The molecule has 1 fully saturated rings. The van der Waals surface area contributed by atoms with Crippen LogP contribution in [-0.2, 0) is 0 Å². The molecule has 0 bridgehead atoms. The second-order valence-electron chi connectivity index (χ2n) is 7.95. The molecule has 3 aromatic rings. The topological polar surface area (TPSA) is 75.1 Å². The van der Waals surface area contributed by atoms with Gasteiger partial charge in [0.15, 0.2) is 0 Å². The van der Waals surface area contributed by atoms with Gasteiger partial charge in [-0.3, -0.25) is 9.78 Å². The highest BCUT2D eigenvalue weighted by Gasteiger charge is 2.29. The Labute approximate surface area is 181 Å². The molecule has 1 saturated heterocycles. The van der Waals surface area contributed by atoms with Crippen molar-refractivity contribution in [3.05, 3.63) is 65.8 Å². The number of likely N-dealkylation sites (tertiary alicyclic amines) is 1. The summed E-state index contributed by atoms with van der Waals surface area (Å²) in [5, 5.41) is 0. The van der Waals surface area contributed by atoms with Crippen LogP contribution in [0.4, 0.5) is 10.3 Å². The van der Waals surface area contributed by atoms with Gasteiger partial charge in [-0.25, -0.2) is 19.3 Å². The van der Waals surface area contributed by atoms with Crippen molar-refractivity contribution >= 4 is 11.9 Å². The van der Waals surface area contributed by atoms with E-state index in [-0.39, 0.29) is 17.6 Å². The summed E-state index contributed by atoms with van der Waals surface area (Å²) in [4.78, 5) is 34.0. The number of piperidine rings is 1. The summed E-state index contributed by atoms with van der Waals surface area (Å²) in [6.45, 7) is 3.00. The van der Waals surface area contributed by atoms with Crippen molar-refractivity contribution in [1.82, 2.24) is 24.8 Å². The monoisotopic (exact) mass is 420 g/mol. The number of amides is 1. The number of anilines is 1. The maximum absolute atomic E-state index is 14.5. The zero-order chi connectivity index (χ0) is 22.0. The molecule has 2 aromatic heterocycles. The highest BCUT2D eigenvalue weighted by atomic mass is 19.1. The number of aryl methyl sites for hydroxylation is 1. The summed E-state index contributed by atoms with van der Waals surface area (Å²) in [6, 6.07) is 6.68. The van der Waals surface area contributed by atoms with E-state index >= 15 is 0 Å². The zero-order valence-corrected chi connectivity index (χ0v) is 17.9. The van der Waals surface area contributed by atoms with Crippen LogP contribution in [0.5, 0.6) is 0 Å². The van der Waals surface area contributed by atoms with Crippen molar-refractivity contribution in [3.8, 4) is 11.1 Å². The predicted molar refractivity (Wildman–Crippen MR) is 116 cm³/mol. The molecule has 1 aromatic carbocycles. The van der Waals surface area contributed by atoms with Crippen molar-refractivity contribution in [2.75, 3.05) is 32.1 Å². The van der Waals surface area contributed by atoms with Crippen molar-refractivity contribution in [3.63, 3.8) is 0 Å². The summed E-state index contributed by atoms with van der Waals surface area (Å²) in [7, 11) is 3.76. The summed E-state index contributed by atoms with van der Waals surface area (Å²) < 4.78 is 14.5. The normalized spacial score (nSPS) is 14.5. The van der Waals surface area contributed by atoms with Crippen LogP contribution in [0, 0.1) is 12.7 Å². The Morgan fingerprint density at radius 1 is 1.03 bits per heavy atom. The molecule has 8 heteroatoms. The number of hydrogen-bond donors (Lipinski definition) is 0. The number of carbonyl (C=O) groups is 1. The van der Waals surface area contributed by atoms with Crippen LogP contribution in [0.3, 0.4) is 0 Å². The third-order valence-electron chi connectivity index (χ3n) is 5.54. The minimum atomic E-state index is -0.296. The Morgan fingerprint density at radius 3 is 2.42 bits per heavy atom. The number of halogens is 1. The lowest BCUT2D eigenvalue weighted by atomic mass is 9.88. The van der Waals surface area contributed by atoms with E-state index in [1.165, 1.54) is 12.3 Å². The van der Waals surface area contributed by atoms with E-state index in [4.69, 9.17) is 4.98 Å². The van der Waals surface area contributed by atoms with Crippen LogP contribution < -0.4 is 4.90 Å². The third kappa shape index (κ3) is 4.38. The highest BCUT2D eigenvalue weighted by Crippen LogP contribution is 2.35. The lowest BCUT2D eigenvalue weighted by Gasteiger charge is -2.32. The van der Waals surface area contributed by atoms with Gasteiger partial charge in [0.1, 0.15) is 11.5 Å². The van der Waals surface area contributed by atoms with E-state index in [9.17, 15) is 9.18 Å². The first-order chi connectivity index (χ1) is 14.9. The molecule has 160 valence electrons. The molecule has 0 unspecified atom stereocenters. The van der Waals surface area contributed by atoms with Crippen molar-refractivity contribution in [1.29, 1.82) is 0 Å². The fourth-order valence-corrected chi connectivity index (χ4v) is 3.82. The molecule has 0 atom stereocenters. The van der Waals surface area contributed by atoms with Gasteiger partial charge in [0.2, 0.25) is 5.95 Å². The Morgan fingerprint density at radius 2 is 1.77 bits per heavy atom. The Hall–Kier alpha value is -3.42. The molecule has 0 radical (unpaired) electrons. The third-order valence-corrected chi connectivity index (χ3v) is 5.54. The standard InChI is InChI=1S/C23H25FN6O/c1-15-12-26-20(14-25-15)22(31)30-10-8-16(9-11-30)21-18(13-27-23(28-21)29(2)3)17-6-4-5-7-19(17)24/h4-7,12-14,16H,8-11H2,1-3H3. The highest BCUT2D eigenvalue weighted by molar-refractivity contribution is 5.92. The van der Waals surface area contributed by atoms with Crippen molar-refractivity contribution in [2.24, 2.45) is 0 Å². The lowest BCUT2D eigenvalue weighted by molar-refractivity contribution is 0.0705. The molecule has 0 aliphatic carbocycles. The van der Waals surface area contributed by atoms with Gasteiger partial charge in [0, 0.05) is 56.6 Å². The van der Waals surface area contributed by atoms with Gasteiger partial charge >= 0.3 is 0 Å². The first-order valence-electron chi connectivity index (χ1n) is 10.3. The molecular weight excluding hydrogens is 395 g/mol. The van der Waals surface area contributed by atoms with Crippen LogP contribution in [0.1, 0.15) is 40.6 Å². The van der Waals surface area contributed by atoms with Crippen molar-refractivity contribution in [2.45, 2.75) is 25.7 Å². The molecule has 1 amide bonds. The average molecular weight is 420 g/mol. The maximum atomic E-state index is 14.5. The number of rotatable bonds is 4. The molecule has 4 rings (SSSR count). The van der Waals surface area contributed by atoms with Gasteiger partial charge < -0.3 is 9.80 Å². The van der Waals surface area contributed by atoms with Crippen LogP contribution in [0.15, 0.2) is 42.9 Å². The fraction of sp³-hybridized carbons (Fsp3) is 0.348. The number of hydrogen-bond acceptors (Lipinski definition) is 6. The van der Waals surface area contributed by atoms with Crippen LogP contribution in [-0.4, -0.2) is 57.9 Å². The molecule has 1 aliphatic heterocycles. The lowest BCUT2D eigenvalue weighted by Crippen LogP contribution is -2.38. The van der Waals surface area contributed by atoms with Gasteiger partial charge in [-0.2, -0.15) is 0 Å².